The van der Waals surface area contributed by atoms with Crippen LogP contribution in [0.5, 0.6) is 0 Å². The molecule has 0 saturated heterocycles. The Morgan fingerprint density at radius 1 is 1.30 bits per heavy atom. The van der Waals surface area contributed by atoms with Gasteiger partial charge in [-0.2, -0.15) is 0 Å². The zero-order chi connectivity index (χ0) is 15.0. The van der Waals surface area contributed by atoms with Gasteiger partial charge in [-0.3, -0.25) is 4.79 Å². The Morgan fingerprint density at radius 3 is 2.65 bits per heavy atom. The summed E-state index contributed by atoms with van der Waals surface area (Å²) in [6.45, 7) is 2.85. The van der Waals surface area contributed by atoms with E-state index in [4.69, 9.17) is 10.8 Å². The summed E-state index contributed by atoms with van der Waals surface area (Å²) in [7, 11) is 0. The average Bonchev–Trinajstić information content (AvgIpc) is 2.44. The fourth-order valence-corrected chi connectivity index (χ4v) is 2.01. The van der Waals surface area contributed by atoms with Crippen molar-refractivity contribution in [2.24, 2.45) is 0 Å². The number of nitrogens with two attached hydrogens (primary N) is 1. The Labute approximate surface area is 119 Å². The van der Waals surface area contributed by atoms with Crippen LogP contribution < -0.4 is 5.73 Å². The summed E-state index contributed by atoms with van der Waals surface area (Å²) in [6, 6.07) is 4.04. The normalized spacial score (nSPS) is 10.6. The molecular weight excluding hydrogens is 259 g/mol. The molecule has 1 aromatic carbocycles. The molecule has 1 rings (SSSR count). The van der Waals surface area contributed by atoms with Crippen LogP contribution in [0.15, 0.2) is 18.2 Å². The molecule has 5 heteroatoms. The highest BCUT2D eigenvalue weighted by Crippen LogP contribution is 2.14. The lowest BCUT2D eigenvalue weighted by atomic mass is 10.1. The number of nitrogen functional groups attached to an aromatic ring is 1. The number of rotatable bonds is 8. The lowest BCUT2D eigenvalue weighted by molar-refractivity contribution is 0.0718. The molecule has 1 amide bonds. The van der Waals surface area contributed by atoms with Crippen LogP contribution in [0.25, 0.3) is 0 Å². The van der Waals surface area contributed by atoms with Crippen molar-refractivity contribution in [3.63, 3.8) is 0 Å². The summed E-state index contributed by atoms with van der Waals surface area (Å²) >= 11 is 0. The Hall–Kier alpha value is -1.62. The molecule has 0 aliphatic carbocycles. The van der Waals surface area contributed by atoms with Crippen molar-refractivity contribution in [1.29, 1.82) is 0 Å². The second-order valence-corrected chi connectivity index (χ2v) is 4.81. The van der Waals surface area contributed by atoms with Gasteiger partial charge < -0.3 is 15.7 Å². The first-order valence-electron chi connectivity index (χ1n) is 7.05. The first kappa shape index (κ1) is 16.4. The molecule has 0 aromatic heterocycles. The standard InChI is InChI=1S/C15H23FN2O2/c1-2-3-4-5-8-18(9-10-19)15(20)12-6-7-14(17)13(16)11-12/h6-7,11,19H,2-5,8-10,17H2,1H3. The quantitative estimate of drug-likeness (QED) is 0.568. The molecule has 0 aliphatic heterocycles. The van der Waals surface area contributed by atoms with E-state index in [0.717, 1.165) is 31.7 Å². The third kappa shape index (κ3) is 4.81. The SMILES string of the molecule is CCCCCCN(CCO)C(=O)c1ccc(N)c(F)c1. The Kier molecular flexibility index (Phi) is 7.01. The molecule has 0 fully saturated rings. The van der Waals surface area contributed by atoms with Crippen LogP contribution in [0.2, 0.25) is 0 Å². The minimum absolute atomic E-state index is 0.0261. The number of amides is 1. The number of benzene rings is 1. The van der Waals surface area contributed by atoms with Gasteiger partial charge in [0, 0.05) is 18.7 Å². The van der Waals surface area contributed by atoms with Gasteiger partial charge in [0.25, 0.3) is 5.91 Å². The van der Waals surface area contributed by atoms with Gasteiger partial charge in [-0.15, -0.1) is 0 Å². The van der Waals surface area contributed by atoms with Gasteiger partial charge in [-0.05, 0) is 24.6 Å². The number of carbonyl (C=O) groups excluding carboxylic acids is 1. The van der Waals surface area contributed by atoms with E-state index in [-0.39, 0.29) is 30.3 Å². The van der Waals surface area contributed by atoms with Gasteiger partial charge in [0.05, 0.1) is 12.3 Å². The van der Waals surface area contributed by atoms with E-state index in [2.05, 4.69) is 6.92 Å². The second kappa shape index (κ2) is 8.53. The molecule has 3 N–H and O–H groups in total. The van der Waals surface area contributed by atoms with Crippen molar-refractivity contribution in [2.75, 3.05) is 25.4 Å². The molecule has 0 heterocycles. The fraction of sp³-hybridized carbons (Fsp3) is 0.533. The monoisotopic (exact) mass is 282 g/mol. The van der Waals surface area contributed by atoms with Crippen LogP contribution in [0, 0.1) is 5.82 Å². The summed E-state index contributed by atoms with van der Waals surface area (Å²) in [5.41, 5.74) is 5.69. The van der Waals surface area contributed by atoms with Gasteiger partial charge >= 0.3 is 0 Å². The van der Waals surface area contributed by atoms with Crippen LogP contribution in [-0.2, 0) is 0 Å². The number of anilines is 1. The fourth-order valence-electron chi connectivity index (χ4n) is 2.01. The van der Waals surface area contributed by atoms with Crippen molar-refractivity contribution < 1.29 is 14.3 Å². The van der Waals surface area contributed by atoms with E-state index < -0.39 is 5.82 Å². The first-order chi connectivity index (χ1) is 9.60. The third-order valence-corrected chi connectivity index (χ3v) is 3.19. The molecule has 0 bridgehead atoms. The highest BCUT2D eigenvalue weighted by Gasteiger charge is 2.16. The molecule has 4 nitrogen and oxygen atoms in total. The van der Waals surface area contributed by atoms with Gasteiger partial charge in [0.15, 0.2) is 0 Å². The second-order valence-electron chi connectivity index (χ2n) is 4.81. The molecule has 112 valence electrons. The molecular formula is C15H23FN2O2. The molecule has 0 radical (unpaired) electrons. The van der Waals surface area contributed by atoms with Gasteiger partial charge in [0.1, 0.15) is 5.82 Å². The molecule has 20 heavy (non-hydrogen) atoms. The minimum atomic E-state index is -0.592. The maximum absolute atomic E-state index is 13.4. The third-order valence-electron chi connectivity index (χ3n) is 3.19. The van der Waals surface area contributed by atoms with Crippen LogP contribution >= 0.6 is 0 Å². The maximum Gasteiger partial charge on any atom is 0.254 e. The van der Waals surface area contributed by atoms with E-state index in [9.17, 15) is 9.18 Å². The lowest BCUT2D eigenvalue weighted by Gasteiger charge is -2.22. The highest BCUT2D eigenvalue weighted by molar-refractivity contribution is 5.94. The number of halogens is 1. The lowest BCUT2D eigenvalue weighted by Crippen LogP contribution is -2.34. The smallest absolute Gasteiger partial charge is 0.254 e. The van der Waals surface area contributed by atoms with Crippen LogP contribution in [0.1, 0.15) is 43.0 Å². The van der Waals surface area contributed by atoms with Crippen LogP contribution in [0.4, 0.5) is 10.1 Å². The predicted octanol–water partition coefficient (Wildman–Crippen LogP) is 2.42. The number of hydrogen-bond acceptors (Lipinski definition) is 3. The Balaban J connectivity index is 2.69. The van der Waals surface area contributed by atoms with E-state index in [0.29, 0.717) is 6.54 Å². The number of aliphatic hydroxyl groups is 1. The number of hydrogen-bond donors (Lipinski definition) is 2. The van der Waals surface area contributed by atoms with Crippen molar-refractivity contribution in [2.45, 2.75) is 32.6 Å². The van der Waals surface area contributed by atoms with Gasteiger partial charge in [0.2, 0.25) is 0 Å². The summed E-state index contributed by atoms with van der Waals surface area (Å²) in [5, 5.41) is 9.05. The molecule has 0 atom stereocenters. The topological polar surface area (TPSA) is 66.6 Å². The molecule has 0 spiro atoms. The number of nitrogens with zero attached hydrogens (tertiary/aromatic N) is 1. The van der Waals surface area contributed by atoms with Crippen molar-refractivity contribution in [1.82, 2.24) is 4.90 Å². The summed E-state index contributed by atoms with van der Waals surface area (Å²) in [5.74, 6) is -0.861. The summed E-state index contributed by atoms with van der Waals surface area (Å²) in [4.78, 5) is 13.8. The minimum Gasteiger partial charge on any atom is -0.396 e. The summed E-state index contributed by atoms with van der Waals surface area (Å²) in [6.07, 6.45) is 4.17. The van der Waals surface area contributed by atoms with E-state index in [1.54, 1.807) is 4.90 Å². The first-order valence-corrected chi connectivity index (χ1v) is 7.05. The number of carbonyl (C=O) groups is 1. The zero-order valence-corrected chi connectivity index (χ0v) is 11.9. The van der Waals surface area contributed by atoms with Crippen LogP contribution in [-0.4, -0.2) is 35.6 Å². The van der Waals surface area contributed by atoms with Crippen molar-refractivity contribution in [3.05, 3.63) is 29.6 Å². The van der Waals surface area contributed by atoms with Crippen LogP contribution in [0.3, 0.4) is 0 Å². The van der Waals surface area contributed by atoms with E-state index in [1.165, 1.54) is 12.1 Å². The molecule has 0 saturated carbocycles. The number of aliphatic hydroxyl groups excluding tert-OH is 1. The van der Waals surface area contributed by atoms with E-state index >= 15 is 0 Å². The molecule has 0 unspecified atom stereocenters. The van der Waals surface area contributed by atoms with Crippen molar-refractivity contribution >= 4 is 11.6 Å². The molecule has 0 aliphatic rings. The van der Waals surface area contributed by atoms with Gasteiger partial charge in [-0.25, -0.2) is 4.39 Å². The van der Waals surface area contributed by atoms with E-state index in [1.807, 2.05) is 0 Å². The number of unbranched alkanes of at least 4 members (excludes halogenated alkanes) is 3. The largest absolute Gasteiger partial charge is 0.396 e. The maximum atomic E-state index is 13.4. The zero-order valence-electron chi connectivity index (χ0n) is 11.9. The van der Waals surface area contributed by atoms with Crippen molar-refractivity contribution in [3.8, 4) is 0 Å². The summed E-state index contributed by atoms with van der Waals surface area (Å²) < 4.78 is 13.4. The van der Waals surface area contributed by atoms with Gasteiger partial charge in [-0.1, -0.05) is 26.2 Å². The molecule has 1 aromatic rings. The highest BCUT2D eigenvalue weighted by atomic mass is 19.1. The average molecular weight is 282 g/mol. The Morgan fingerprint density at radius 2 is 2.05 bits per heavy atom. The predicted molar refractivity (Wildman–Crippen MR) is 77.9 cm³/mol. The Bertz CT molecular complexity index is 438.